The van der Waals surface area contributed by atoms with E-state index in [2.05, 4.69) is 60.7 Å². The molecule has 0 amide bonds. The molecule has 1 heterocycles. The van der Waals surface area contributed by atoms with Gasteiger partial charge in [0.05, 0.1) is 22.6 Å². The van der Waals surface area contributed by atoms with Crippen LogP contribution in [0.15, 0.2) is 115 Å². The van der Waals surface area contributed by atoms with E-state index < -0.39 is 11.2 Å². The fourth-order valence-electron chi connectivity index (χ4n) is 4.18. The monoisotopic (exact) mass is 512 g/mol. The zero-order chi connectivity index (χ0) is 27.5. The Hall–Kier alpha value is -4.06. The molecule has 4 nitrogen and oxygen atoms in total. The first-order valence-corrected chi connectivity index (χ1v) is 13.3. The highest BCUT2D eigenvalue weighted by atomic mass is 16.5. The van der Waals surface area contributed by atoms with Crippen LogP contribution in [-0.4, -0.2) is 33.8 Å². The molecule has 0 fully saturated rings. The van der Waals surface area contributed by atoms with Gasteiger partial charge in [0.25, 0.3) is 0 Å². The van der Waals surface area contributed by atoms with E-state index in [1.54, 1.807) is 13.8 Å². The minimum atomic E-state index is -0.965. The SMILES string of the molecule is CC(C)(O)C(C)(C)OBc1cccc(-c2cc(-c3ccc(-c4ccccc4)cc3)nc(-c3ccccc3)n2)c1. The van der Waals surface area contributed by atoms with Gasteiger partial charge in [0.2, 0.25) is 0 Å². The minimum Gasteiger partial charge on any atom is -0.427 e. The standard InChI is InChI=1S/C34H33BN2O2/c1-33(2,38)34(3,4)39-35-29-17-11-16-28(22-29)31-23-30(36-32(37-31)27-14-9-6-10-15-27)26-20-18-25(19-21-26)24-12-7-5-8-13-24/h5-23,35,38H,1-4H3. The van der Waals surface area contributed by atoms with Gasteiger partial charge in [-0.25, -0.2) is 9.97 Å². The van der Waals surface area contributed by atoms with Crippen molar-refractivity contribution in [3.05, 3.63) is 115 Å². The molecule has 0 radical (unpaired) electrons. The van der Waals surface area contributed by atoms with E-state index in [9.17, 15) is 5.11 Å². The molecule has 39 heavy (non-hydrogen) atoms. The molecule has 0 aliphatic heterocycles. The quantitative estimate of drug-likeness (QED) is 0.236. The van der Waals surface area contributed by atoms with Crippen LogP contribution in [0.4, 0.5) is 0 Å². The van der Waals surface area contributed by atoms with Gasteiger partial charge in [-0.3, -0.25) is 0 Å². The van der Waals surface area contributed by atoms with Gasteiger partial charge < -0.3 is 9.76 Å². The van der Waals surface area contributed by atoms with Crippen LogP contribution in [0.2, 0.25) is 0 Å². The van der Waals surface area contributed by atoms with Gasteiger partial charge in [0.1, 0.15) is 0 Å². The Morgan fingerprint density at radius 2 is 1.08 bits per heavy atom. The van der Waals surface area contributed by atoms with Crippen LogP contribution in [0.1, 0.15) is 27.7 Å². The number of rotatable bonds is 8. The number of nitrogens with zero attached hydrogens (tertiary/aromatic N) is 2. The fourth-order valence-corrected chi connectivity index (χ4v) is 4.18. The van der Waals surface area contributed by atoms with Gasteiger partial charge in [-0.05, 0) is 50.5 Å². The smallest absolute Gasteiger partial charge is 0.309 e. The van der Waals surface area contributed by atoms with E-state index in [1.807, 2.05) is 68.4 Å². The summed E-state index contributed by atoms with van der Waals surface area (Å²) in [7, 11) is 0.384. The maximum absolute atomic E-state index is 10.5. The maximum Gasteiger partial charge on any atom is 0.309 e. The van der Waals surface area contributed by atoms with Crippen LogP contribution < -0.4 is 5.46 Å². The van der Waals surface area contributed by atoms with Crippen molar-refractivity contribution in [2.24, 2.45) is 0 Å². The lowest BCUT2D eigenvalue weighted by Gasteiger charge is -2.37. The summed E-state index contributed by atoms with van der Waals surface area (Å²) in [6, 6.07) is 39.2. The van der Waals surface area contributed by atoms with Gasteiger partial charge >= 0.3 is 7.48 Å². The Balaban J connectivity index is 1.51. The van der Waals surface area contributed by atoms with Gasteiger partial charge in [0.15, 0.2) is 5.82 Å². The Morgan fingerprint density at radius 3 is 1.69 bits per heavy atom. The van der Waals surface area contributed by atoms with E-state index in [0.29, 0.717) is 13.3 Å². The van der Waals surface area contributed by atoms with Crippen LogP contribution in [-0.2, 0) is 4.65 Å². The summed E-state index contributed by atoms with van der Waals surface area (Å²) >= 11 is 0. The number of aromatic nitrogens is 2. The molecule has 5 rings (SSSR count). The Bertz CT molecular complexity index is 1540. The number of benzene rings is 4. The predicted molar refractivity (Wildman–Crippen MR) is 162 cm³/mol. The first-order chi connectivity index (χ1) is 18.7. The largest absolute Gasteiger partial charge is 0.427 e. The third-order valence-electron chi connectivity index (χ3n) is 7.34. The van der Waals surface area contributed by atoms with Crippen LogP contribution in [0, 0.1) is 0 Å². The molecule has 5 aromatic rings. The average Bonchev–Trinajstić information content (AvgIpc) is 2.96. The van der Waals surface area contributed by atoms with Crippen LogP contribution in [0.25, 0.3) is 45.0 Å². The number of aliphatic hydroxyl groups is 1. The fraction of sp³-hybridized carbons (Fsp3) is 0.176. The highest BCUT2D eigenvalue weighted by molar-refractivity contribution is 6.47. The third-order valence-corrected chi connectivity index (χ3v) is 7.34. The molecule has 0 saturated carbocycles. The molecular formula is C34H33BN2O2. The molecular weight excluding hydrogens is 479 g/mol. The summed E-state index contributed by atoms with van der Waals surface area (Å²) in [4.78, 5) is 9.92. The minimum absolute atomic E-state index is 0.384. The second-order valence-corrected chi connectivity index (χ2v) is 10.8. The lowest BCUT2D eigenvalue weighted by molar-refractivity contribution is -0.0893. The molecule has 4 aromatic carbocycles. The molecule has 0 spiro atoms. The first-order valence-electron chi connectivity index (χ1n) is 13.3. The second kappa shape index (κ2) is 11.0. The molecule has 1 N–H and O–H groups in total. The second-order valence-electron chi connectivity index (χ2n) is 10.8. The highest BCUT2D eigenvalue weighted by Crippen LogP contribution is 2.29. The van der Waals surface area contributed by atoms with Crippen molar-refractivity contribution in [3.63, 3.8) is 0 Å². The normalized spacial score (nSPS) is 11.8. The molecule has 194 valence electrons. The predicted octanol–water partition coefficient (Wildman–Crippen LogP) is 6.69. The maximum atomic E-state index is 10.5. The topological polar surface area (TPSA) is 55.2 Å². The molecule has 0 unspecified atom stereocenters. The Labute approximate surface area is 231 Å². The van der Waals surface area contributed by atoms with Gasteiger partial charge in [0, 0.05) is 11.1 Å². The summed E-state index contributed by atoms with van der Waals surface area (Å²) in [5, 5.41) is 10.5. The van der Waals surface area contributed by atoms with Crippen LogP contribution in [0.3, 0.4) is 0 Å². The van der Waals surface area contributed by atoms with Crippen molar-refractivity contribution in [1.82, 2.24) is 9.97 Å². The number of hydrogen-bond donors (Lipinski definition) is 1. The van der Waals surface area contributed by atoms with Crippen molar-refractivity contribution in [1.29, 1.82) is 0 Å². The Kier molecular flexibility index (Phi) is 7.47. The molecule has 0 bridgehead atoms. The van der Waals surface area contributed by atoms with E-state index >= 15 is 0 Å². The van der Waals surface area contributed by atoms with E-state index in [-0.39, 0.29) is 0 Å². The van der Waals surface area contributed by atoms with Gasteiger partial charge in [-0.15, -0.1) is 0 Å². The molecule has 0 aliphatic rings. The van der Waals surface area contributed by atoms with Gasteiger partial charge in [-0.1, -0.05) is 115 Å². The van der Waals surface area contributed by atoms with Crippen molar-refractivity contribution < 1.29 is 9.76 Å². The zero-order valence-electron chi connectivity index (χ0n) is 22.9. The van der Waals surface area contributed by atoms with E-state index in [1.165, 1.54) is 11.1 Å². The van der Waals surface area contributed by atoms with Gasteiger partial charge in [-0.2, -0.15) is 0 Å². The first kappa shape index (κ1) is 26.5. The summed E-state index contributed by atoms with van der Waals surface area (Å²) in [5.41, 5.74) is 6.39. The van der Waals surface area contributed by atoms with Crippen molar-refractivity contribution in [2.45, 2.75) is 38.9 Å². The molecule has 5 heteroatoms. The summed E-state index contributed by atoms with van der Waals surface area (Å²) in [6.07, 6.45) is 0. The zero-order valence-corrected chi connectivity index (χ0v) is 22.9. The summed E-state index contributed by atoms with van der Waals surface area (Å²) in [6.45, 7) is 7.35. The molecule has 0 saturated heterocycles. The average molecular weight is 512 g/mol. The summed E-state index contributed by atoms with van der Waals surface area (Å²) in [5.74, 6) is 0.681. The van der Waals surface area contributed by atoms with E-state index in [4.69, 9.17) is 14.6 Å². The number of hydrogen-bond acceptors (Lipinski definition) is 4. The lowest BCUT2D eigenvalue weighted by atomic mass is 9.82. The Morgan fingerprint density at radius 1 is 0.564 bits per heavy atom. The highest BCUT2D eigenvalue weighted by Gasteiger charge is 2.35. The molecule has 1 aromatic heterocycles. The van der Waals surface area contributed by atoms with Crippen LogP contribution in [0.5, 0.6) is 0 Å². The third kappa shape index (κ3) is 6.17. The van der Waals surface area contributed by atoms with Crippen molar-refractivity contribution in [2.75, 3.05) is 0 Å². The summed E-state index contributed by atoms with van der Waals surface area (Å²) < 4.78 is 6.12. The van der Waals surface area contributed by atoms with Crippen molar-refractivity contribution in [3.8, 4) is 45.0 Å². The van der Waals surface area contributed by atoms with Crippen LogP contribution >= 0.6 is 0 Å². The van der Waals surface area contributed by atoms with Crippen molar-refractivity contribution >= 4 is 12.9 Å². The lowest BCUT2D eigenvalue weighted by Crippen LogP contribution is -2.49. The van der Waals surface area contributed by atoms with E-state index in [0.717, 1.165) is 33.5 Å². The molecule has 0 atom stereocenters. The molecule has 0 aliphatic carbocycles.